The average molecular weight is 414 g/mol. The Morgan fingerprint density at radius 2 is 1.89 bits per heavy atom. The molecule has 1 amide bonds. The molecule has 0 radical (unpaired) electrons. The Hall–Kier alpha value is -1.53. The molecule has 0 bridgehead atoms. The fourth-order valence-electron chi connectivity index (χ4n) is 3.50. The number of piperidine rings is 1. The fourth-order valence-corrected chi connectivity index (χ4v) is 3.50. The normalized spacial score (nSPS) is 14.6. The third-order valence-electron chi connectivity index (χ3n) is 4.87. The summed E-state index contributed by atoms with van der Waals surface area (Å²) in [6, 6.07) is 12.3. The van der Waals surface area contributed by atoms with E-state index < -0.39 is 0 Å². The van der Waals surface area contributed by atoms with Crippen LogP contribution in [0.15, 0.2) is 47.1 Å². The highest BCUT2D eigenvalue weighted by atomic mass is 35.5. The van der Waals surface area contributed by atoms with E-state index in [9.17, 15) is 4.79 Å². The SMILES string of the molecule is CN(Cc1ccccc1)CC1CCN(C(=O)c2coc(CN)c2)CC1.Cl.Cl. The lowest BCUT2D eigenvalue weighted by Crippen LogP contribution is -2.40. The van der Waals surface area contributed by atoms with Crippen molar-refractivity contribution in [1.29, 1.82) is 0 Å². The first kappa shape index (κ1) is 23.5. The molecule has 27 heavy (non-hydrogen) atoms. The van der Waals surface area contributed by atoms with Gasteiger partial charge in [-0.2, -0.15) is 0 Å². The predicted molar refractivity (Wildman–Crippen MR) is 112 cm³/mol. The Kier molecular flexibility index (Phi) is 9.88. The van der Waals surface area contributed by atoms with Crippen LogP contribution in [-0.2, 0) is 13.1 Å². The molecule has 1 aliphatic heterocycles. The lowest BCUT2D eigenvalue weighted by atomic mass is 9.95. The van der Waals surface area contributed by atoms with Gasteiger partial charge in [-0.1, -0.05) is 30.3 Å². The van der Waals surface area contributed by atoms with Crippen LogP contribution in [0.4, 0.5) is 0 Å². The summed E-state index contributed by atoms with van der Waals surface area (Å²) in [5.41, 5.74) is 7.49. The lowest BCUT2D eigenvalue weighted by molar-refractivity contribution is 0.0671. The second-order valence-corrected chi connectivity index (χ2v) is 6.92. The van der Waals surface area contributed by atoms with Gasteiger partial charge >= 0.3 is 0 Å². The largest absolute Gasteiger partial charge is 0.467 e. The van der Waals surface area contributed by atoms with Gasteiger partial charge in [-0.3, -0.25) is 4.79 Å². The first-order valence-corrected chi connectivity index (χ1v) is 8.95. The molecular weight excluding hydrogens is 385 g/mol. The van der Waals surface area contributed by atoms with Gasteiger partial charge in [0.2, 0.25) is 0 Å². The zero-order valence-corrected chi connectivity index (χ0v) is 17.3. The third-order valence-corrected chi connectivity index (χ3v) is 4.87. The predicted octanol–water partition coefficient (Wildman–Crippen LogP) is 3.57. The molecule has 0 atom stereocenters. The number of rotatable bonds is 6. The number of amides is 1. The summed E-state index contributed by atoms with van der Waals surface area (Å²) >= 11 is 0. The maximum absolute atomic E-state index is 12.5. The first-order chi connectivity index (χ1) is 12.2. The molecule has 3 rings (SSSR count). The van der Waals surface area contributed by atoms with Gasteiger partial charge in [-0.05, 0) is 37.4 Å². The van der Waals surface area contributed by atoms with Crippen molar-refractivity contribution < 1.29 is 9.21 Å². The molecule has 1 fully saturated rings. The smallest absolute Gasteiger partial charge is 0.257 e. The number of hydrogen-bond acceptors (Lipinski definition) is 4. The van der Waals surface area contributed by atoms with Crippen LogP contribution >= 0.6 is 24.8 Å². The highest BCUT2D eigenvalue weighted by Crippen LogP contribution is 2.21. The van der Waals surface area contributed by atoms with E-state index in [1.807, 2.05) is 11.0 Å². The van der Waals surface area contributed by atoms with Gasteiger partial charge in [-0.25, -0.2) is 0 Å². The zero-order valence-electron chi connectivity index (χ0n) is 15.7. The van der Waals surface area contributed by atoms with Crippen molar-refractivity contribution >= 4 is 30.7 Å². The van der Waals surface area contributed by atoms with Crippen LogP contribution in [0.1, 0.15) is 34.5 Å². The van der Waals surface area contributed by atoms with Crippen molar-refractivity contribution in [3.05, 3.63) is 59.5 Å². The maximum atomic E-state index is 12.5. The molecule has 0 unspecified atom stereocenters. The minimum absolute atomic E-state index is 0. The Balaban J connectivity index is 0.00000182. The molecule has 1 aromatic heterocycles. The summed E-state index contributed by atoms with van der Waals surface area (Å²) in [5.74, 6) is 1.35. The van der Waals surface area contributed by atoms with Crippen molar-refractivity contribution in [3.63, 3.8) is 0 Å². The molecule has 0 aliphatic carbocycles. The minimum atomic E-state index is 0. The average Bonchev–Trinajstić information content (AvgIpc) is 3.12. The van der Waals surface area contributed by atoms with Gasteiger partial charge in [0.1, 0.15) is 12.0 Å². The summed E-state index contributed by atoms with van der Waals surface area (Å²) in [6.07, 6.45) is 3.61. The number of halogens is 2. The van der Waals surface area contributed by atoms with E-state index in [0.29, 0.717) is 23.8 Å². The van der Waals surface area contributed by atoms with Gasteiger partial charge in [0.05, 0.1) is 12.1 Å². The molecular formula is C20H29Cl2N3O2. The summed E-state index contributed by atoms with van der Waals surface area (Å²) < 4.78 is 5.28. The molecule has 5 nitrogen and oxygen atoms in total. The van der Waals surface area contributed by atoms with Gasteiger partial charge in [0.25, 0.3) is 5.91 Å². The van der Waals surface area contributed by atoms with Crippen LogP contribution < -0.4 is 5.73 Å². The van der Waals surface area contributed by atoms with Crippen LogP contribution in [0.3, 0.4) is 0 Å². The Morgan fingerprint density at radius 3 is 2.48 bits per heavy atom. The number of furan rings is 1. The molecule has 2 N–H and O–H groups in total. The van der Waals surface area contributed by atoms with Crippen molar-refractivity contribution in [2.75, 3.05) is 26.7 Å². The fraction of sp³-hybridized carbons (Fsp3) is 0.450. The second kappa shape index (κ2) is 11.3. The second-order valence-electron chi connectivity index (χ2n) is 6.92. The van der Waals surface area contributed by atoms with Crippen molar-refractivity contribution in [2.45, 2.75) is 25.9 Å². The summed E-state index contributed by atoms with van der Waals surface area (Å²) in [6.45, 7) is 3.98. The summed E-state index contributed by atoms with van der Waals surface area (Å²) in [4.78, 5) is 16.8. The van der Waals surface area contributed by atoms with E-state index in [1.165, 1.54) is 11.8 Å². The highest BCUT2D eigenvalue weighted by Gasteiger charge is 2.25. The summed E-state index contributed by atoms with van der Waals surface area (Å²) in [7, 11) is 2.17. The first-order valence-electron chi connectivity index (χ1n) is 8.95. The van der Waals surface area contributed by atoms with E-state index in [4.69, 9.17) is 10.2 Å². The zero-order chi connectivity index (χ0) is 17.6. The molecule has 2 heterocycles. The standard InChI is InChI=1S/C20H27N3O2.2ClH/c1-22(13-16-5-3-2-4-6-16)14-17-7-9-23(10-8-17)20(24)18-11-19(12-21)25-15-18;;/h2-6,11,15,17H,7-10,12-14,21H2,1H3;2*1H. The molecule has 1 saturated heterocycles. The highest BCUT2D eigenvalue weighted by molar-refractivity contribution is 5.94. The molecule has 150 valence electrons. The molecule has 1 aliphatic rings. The number of nitrogens with zero attached hydrogens (tertiary/aromatic N) is 2. The molecule has 1 aromatic carbocycles. The van der Waals surface area contributed by atoms with Gasteiger partial charge in [0, 0.05) is 26.2 Å². The number of carbonyl (C=O) groups excluding carboxylic acids is 1. The number of benzene rings is 1. The molecule has 2 aromatic rings. The monoisotopic (exact) mass is 413 g/mol. The van der Waals surface area contributed by atoms with Gasteiger partial charge < -0.3 is 20.0 Å². The minimum Gasteiger partial charge on any atom is -0.467 e. The number of carbonyl (C=O) groups is 1. The maximum Gasteiger partial charge on any atom is 0.257 e. The topological polar surface area (TPSA) is 62.7 Å². The Morgan fingerprint density at radius 1 is 1.22 bits per heavy atom. The quantitative estimate of drug-likeness (QED) is 0.785. The van der Waals surface area contributed by atoms with Gasteiger partial charge in [0.15, 0.2) is 0 Å². The van der Waals surface area contributed by atoms with E-state index in [2.05, 4.69) is 36.2 Å². The van der Waals surface area contributed by atoms with Crippen LogP contribution in [0.2, 0.25) is 0 Å². The molecule has 7 heteroatoms. The van der Waals surface area contributed by atoms with Crippen LogP contribution in [-0.4, -0.2) is 42.4 Å². The number of hydrogen-bond donors (Lipinski definition) is 1. The lowest BCUT2D eigenvalue weighted by Gasteiger charge is -2.33. The van der Waals surface area contributed by atoms with E-state index >= 15 is 0 Å². The molecule has 0 spiro atoms. The van der Waals surface area contributed by atoms with Crippen molar-refractivity contribution in [2.24, 2.45) is 11.7 Å². The Bertz CT molecular complexity index is 686. The van der Waals surface area contributed by atoms with Crippen LogP contribution in [0.25, 0.3) is 0 Å². The number of nitrogens with two attached hydrogens (primary N) is 1. The van der Waals surface area contributed by atoms with Crippen LogP contribution in [0.5, 0.6) is 0 Å². The van der Waals surface area contributed by atoms with E-state index in [0.717, 1.165) is 39.0 Å². The number of likely N-dealkylation sites (tertiary alicyclic amines) is 1. The Labute approximate surface area is 173 Å². The molecule has 0 saturated carbocycles. The van der Waals surface area contributed by atoms with Crippen molar-refractivity contribution in [3.8, 4) is 0 Å². The van der Waals surface area contributed by atoms with E-state index in [1.54, 1.807) is 6.07 Å². The third kappa shape index (κ3) is 6.54. The van der Waals surface area contributed by atoms with E-state index in [-0.39, 0.29) is 30.7 Å². The van der Waals surface area contributed by atoms with Crippen molar-refractivity contribution in [1.82, 2.24) is 9.80 Å². The van der Waals surface area contributed by atoms with Gasteiger partial charge in [-0.15, -0.1) is 24.8 Å². The summed E-state index contributed by atoms with van der Waals surface area (Å²) in [5, 5.41) is 0. The van der Waals surface area contributed by atoms with Crippen LogP contribution in [0, 0.1) is 5.92 Å².